The number of thiocarbonyl (C=S) groups is 1. The molecule has 3 rings (SSSR count). The molecule has 1 aliphatic heterocycles. The molecule has 0 bridgehead atoms. The lowest BCUT2D eigenvalue weighted by atomic mass is 10.0. The first-order chi connectivity index (χ1) is 8.99. The summed E-state index contributed by atoms with van der Waals surface area (Å²) in [5.74, 6) is 1.01. The predicted molar refractivity (Wildman–Crippen MR) is 82.8 cm³/mol. The van der Waals surface area contributed by atoms with Crippen molar-refractivity contribution in [2.45, 2.75) is 51.5 Å². The number of pyridine rings is 1. The summed E-state index contributed by atoms with van der Waals surface area (Å²) in [7, 11) is 0. The molecule has 1 aliphatic carbocycles. The minimum Gasteiger partial charge on any atom is -0.389 e. The Morgan fingerprint density at radius 1 is 1.37 bits per heavy atom. The van der Waals surface area contributed by atoms with Crippen LogP contribution >= 0.6 is 12.2 Å². The molecule has 2 heterocycles. The van der Waals surface area contributed by atoms with Gasteiger partial charge in [-0.05, 0) is 57.6 Å². The number of anilines is 1. The molecule has 0 atom stereocenters. The van der Waals surface area contributed by atoms with E-state index in [2.05, 4.69) is 24.8 Å². The van der Waals surface area contributed by atoms with Crippen molar-refractivity contribution in [3.05, 3.63) is 22.9 Å². The highest BCUT2D eigenvalue weighted by Gasteiger charge is 2.35. The molecule has 19 heavy (non-hydrogen) atoms. The Morgan fingerprint density at radius 2 is 2.16 bits per heavy atom. The first-order valence-electron chi connectivity index (χ1n) is 7.09. The fourth-order valence-corrected chi connectivity index (χ4v) is 3.50. The topological polar surface area (TPSA) is 42.2 Å². The number of aryl methyl sites for hydroxylation is 2. The van der Waals surface area contributed by atoms with Gasteiger partial charge in [-0.3, -0.25) is 0 Å². The molecule has 4 heteroatoms. The maximum Gasteiger partial charge on any atom is 0.139 e. The Hall–Kier alpha value is -1.16. The van der Waals surface area contributed by atoms with E-state index in [0.717, 1.165) is 30.8 Å². The Bertz CT molecular complexity index is 536. The largest absolute Gasteiger partial charge is 0.389 e. The molecule has 0 spiro atoms. The van der Waals surface area contributed by atoms with Crippen LogP contribution < -0.4 is 10.6 Å². The number of nitrogens with two attached hydrogens (primary N) is 1. The van der Waals surface area contributed by atoms with Gasteiger partial charge in [0.05, 0.1) is 5.56 Å². The fourth-order valence-electron chi connectivity index (χ4n) is 3.35. The van der Waals surface area contributed by atoms with Crippen LogP contribution in [0.4, 0.5) is 5.82 Å². The first-order valence-corrected chi connectivity index (χ1v) is 7.50. The second-order valence-electron chi connectivity index (χ2n) is 6.25. The van der Waals surface area contributed by atoms with Crippen molar-refractivity contribution in [2.24, 2.45) is 5.73 Å². The highest BCUT2D eigenvalue weighted by atomic mass is 32.1. The fraction of sp³-hybridized carbons (Fsp3) is 0.600. The van der Waals surface area contributed by atoms with Gasteiger partial charge in [0.1, 0.15) is 10.8 Å². The number of aromatic nitrogens is 1. The van der Waals surface area contributed by atoms with Crippen molar-refractivity contribution in [3.8, 4) is 0 Å². The van der Waals surface area contributed by atoms with Crippen molar-refractivity contribution in [2.75, 3.05) is 11.4 Å². The van der Waals surface area contributed by atoms with Gasteiger partial charge in [0, 0.05) is 17.8 Å². The molecule has 1 saturated heterocycles. The summed E-state index contributed by atoms with van der Waals surface area (Å²) < 4.78 is 0. The van der Waals surface area contributed by atoms with Crippen molar-refractivity contribution in [1.29, 1.82) is 0 Å². The summed E-state index contributed by atoms with van der Waals surface area (Å²) in [6.07, 6.45) is 5.81. The summed E-state index contributed by atoms with van der Waals surface area (Å²) in [4.78, 5) is 7.77. The van der Waals surface area contributed by atoms with Gasteiger partial charge < -0.3 is 10.6 Å². The van der Waals surface area contributed by atoms with Crippen LogP contribution in [0.1, 0.15) is 49.9 Å². The molecule has 0 amide bonds. The summed E-state index contributed by atoms with van der Waals surface area (Å²) in [6.45, 7) is 5.60. The highest BCUT2D eigenvalue weighted by molar-refractivity contribution is 7.80. The van der Waals surface area contributed by atoms with Crippen LogP contribution in [-0.2, 0) is 12.8 Å². The van der Waals surface area contributed by atoms with Crippen molar-refractivity contribution in [1.82, 2.24) is 4.98 Å². The molecule has 1 fully saturated rings. The predicted octanol–water partition coefficient (Wildman–Crippen LogP) is 2.58. The molecule has 0 radical (unpaired) electrons. The molecular formula is C15H21N3S. The van der Waals surface area contributed by atoms with E-state index >= 15 is 0 Å². The van der Waals surface area contributed by atoms with Crippen LogP contribution in [0.15, 0.2) is 6.07 Å². The number of hydrogen-bond donors (Lipinski definition) is 1. The molecule has 0 aromatic carbocycles. The maximum atomic E-state index is 5.93. The third kappa shape index (κ3) is 2.12. The molecule has 102 valence electrons. The SMILES string of the molecule is CC1(C)CCCN1c1nc2c(cc1C(N)=S)CCC2. The van der Waals surface area contributed by atoms with Gasteiger partial charge in [0.2, 0.25) is 0 Å². The zero-order valence-electron chi connectivity index (χ0n) is 11.7. The Balaban J connectivity index is 2.11. The smallest absolute Gasteiger partial charge is 0.139 e. The van der Waals surface area contributed by atoms with E-state index < -0.39 is 0 Å². The maximum absolute atomic E-state index is 5.93. The summed E-state index contributed by atoms with van der Waals surface area (Å²) in [6, 6.07) is 2.18. The minimum absolute atomic E-state index is 0.152. The molecule has 3 nitrogen and oxygen atoms in total. The lowest BCUT2D eigenvalue weighted by Crippen LogP contribution is -2.40. The summed E-state index contributed by atoms with van der Waals surface area (Å²) in [5.41, 5.74) is 9.63. The second kappa shape index (κ2) is 4.44. The molecule has 2 N–H and O–H groups in total. The van der Waals surface area contributed by atoms with Crippen LogP contribution in [0, 0.1) is 0 Å². The number of nitrogens with zero attached hydrogens (tertiary/aromatic N) is 2. The standard InChI is InChI=1S/C15H21N3S/c1-15(2)7-4-8-18(15)14-11(13(16)19)9-10-5-3-6-12(10)17-14/h9H,3-8H2,1-2H3,(H2,16,19). The van der Waals surface area contributed by atoms with Crippen LogP contribution in [0.25, 0.3) is 0 Å². The van der Waals surface area contributed by atoms with Crippen LogP contribution in [-0.4, -0.2) is 22.1 Å². The van der Waals surface area contributed by atoms with Gasteiger partial charge in [-0.1, -0.05) is 12.2 Å². The van der Waals surface area contributed by atoms with Gasteiger partial charge in [-0.2, -0.15) is 0 Å². The Morgan fingerprint density at radius 3 is 2.79 bits per heavy atom. The average Bonchev–Trinajstić information content (AvgIpc) is 2.92. The monoisotopic (exact) mass is 275 g/mol. The van der Waals surface area contributed by atoms with E-state index in [4.69, 9.17) is 22.9 Å². The van der Waals surface area contributed by atoms with Crippen molar-refractivity contribution >= 4 is 23.0 Å². The van der Waals surface area contributed by atoms with Gasteiger partial charge >= 0.3 is 0 Å². The lowest BCUT2D eigenvalue weighted by Gasteiger charge is -2.34. The molecule has 0 saturated carbocycles. The Labute approximate surface area is 120 Å². The first kappa shape index (κ1) is 12.9. The third-order valence-electron chi connectivity index (χ3n) is 4.45. The van der Waals surface area contributed by atoms with Crippen LogP contribution in [0.3, 0.4) is 0 Å². The molecule has 1 aromatic heterocycles. The molecule has 2 aliphatic rings. The van der Waals surface area contributed by atoms with Gasteiger partial charge in [0.25, 0.3) is 0 Å². The van der Waals surface area contributed by atoms with E-state index in [1.165, 1.54) is 30.5 Å². The quantitative estimate of drug-likeness (QED) is 0.842. The second-order valence-corrected chi connectivity index (χ2v) is 6.69. The van der Waals surface area contributed by atoms with Crippen molar-refractivity contribution < 1.29 is 0 Å². The molecule has 1 aromatic rings. The van der Waals surface area contributed by atoms with E-state index in [0.29, 0.717) is 4.99 Å². The lowest BCUT2D eigenvalue weighted by molar-refractivity contribution is 0.514. The summed E-state index contributed by atoms with van der Waals surface area (Å²) >= 11 is 5.24. The van der Waals surface area contributed by atoms with Crippen LogP contribution in [0.2, 0.25) is 0 Å². The Kier molecular flexibility index (Phi) is 3.01. The van der Waals surface area contributed by atoms with Crippen molar-refractivity contribution in [3.63, 3.8) is 0 Å². The zero-order valence-corrected chi connectivity index (χ0v) is 12.5. The molecule has 0 unspecified atom stereocenters. The minimum atomic E-state index is 0.152. The number of hydrogen-bond acceptors (Lipinski definition) is 3. The van der Waals surface area contributed by atoms with Gasteiger partial charge in [-0.25, -0.2) is 4.98 Å². The molecular weight excluding hydrogens is 254 g/mol. The van der Waals surface area contributed by atoms with E-state index in [1.807, 2.05) is 0 Å². The average molecular weight is 275 g/mol. The van der Waals surface area contributed by atoms with E-state index in [1.54, 1.807) is 0 Å². The van der Waals surface area contributed by atoms with Gasteiger partial charge in [-0.15, -0.1) is 0 Å². The van der Waals surface area contributed by atoms with E-state index in [-0.39, 0.29) is 5.54 Å². The highest BCUT2D eigenvalue weighted by Crippen LogP contribution is 2.36. The number of rotatable bonds is 2. The third-order valence-corrected chi connectivity index (χ3v) is 4.67. The number of fused-ring (bicyclic) bond motifs is 1. The normalized spacial score (nSPS) is 20.6. The van der Waals surface area contributed by atoms with E-state index in [9.17, 15) is 0 Å². The zero-order chi connectivity index (χ0) is 13.6. The summed E-state index contributed by atoms with van der Waals surface area (Å²) in [5, 5.41) is 0. The van der Waals surface area contributed by atoms with Gasteiger partial charge in [0.15, 0.2) is 0 Å². The van der Waals surface area contributed by atoms with Crippen LogP contribution in [0.5, 0.6) is 0 Å².